The maximum atomic E-state index is 11.0. The van der Waals surface area contributed by atoms with Gasteiger partial charge in [-0.3, -0.25) is 4.79 Å². The van der Waals surface area contributed by atoms with Crippen molar-refractivity contribution in [2.45, 2.75) is 19.3 Å². The van der Waals surface area contributed by atoms with Crippen molar-refractivity contribution in [3.63, 3.8) is 0 Å². The molecule has 0 aromatic heterocycles. The van der Waals surface area contributed by atoms with E-state index >= 15 is 0 Å². The van der Waals surface area contributed by atoms with Gasteiger partial charge >= 0.3 is 0 Å². The van der Waals surface area contributed by atoms with Gasteiger partial charge in [0.05, 0.1) is 5.88 Å². The van der Waals surface area contributed by atoms with Crippen molar-refractivity contribution in [3.05, 3.63) is 12.2 Å². The summed E-state index contributed by atoms with van der Waals surface area (Å²) in [5.74, 6) is 0.590. The van der Waals surface area contributed by atoms with Gasteiger partial charge in [-0.2, -0.15) is 0 Å². The molecule has 0 fully saturated rings. The van der Waals surface area contributed by atoms with Crippen molar-refractivity contribution in [1.29, 1.82) is 0 Å². The lowest BCUT2D eigenvalue weighted by Gasteiger charge is -2.14. The van der Waals surface area contributed by atoms with Crippen LogP contribution in [0.5, 0.6) is 0 Å². The molecule has 0 heterocycles. The van der Waals surface area contributed by atoms with Gasteiger partial charge in [-0.15, -0.1) is 11.6 Å². The number of carbonyl (C=O) groups excluding carboxylic acids is 1. The van der Waals surface area contributed by atoms with E-state index in [9.17, 15) is 4.79 Å². The SMILES string of the molecule is O=C(CCl)[C@H]1CC=CCC1. The summed E-state index contributed by atoms with van der Waals surface area (Å²) < 4.78 is 0. The van der Waals surface area contributed by atoms with Gasteiger partial charge in [-0.1, -0.05) is 12.2 Å². The van der Waals surface area contributed by atoms with Gasteiger partial charge in [0.1, 0.15) is 0 Å². The molecule has 0 bridgehead atoms. The highest BCUT2D eigenvalue weighted by atomic mass is 35.5. The average Bonchev–Trinajstić information content (AvgIpc) is 2.05. The molecule has 0 aromatic carbocycles. The molecule has 0 N–H and O–H groups in total. The van der Waals surface area contributed by atoms with Crippen molar-refractivity contribution in [2.24, 2.45) is 5.92 Å². The van der Waals surface area contributed by atoms with Crippen LogP contribution in [-0.4, -0.2) is 11.7 Å². The molecular formula is C8H11ClO. The molecular weight excluding hydrogens is 148 g/mol. The molecule has 1 nitrogen and oxygen atoms in total. The van der Waals surface area contributed by atoms with Crippen LogP contribution in [0.15, 0.2) is 12.2 Å². The van der Waals surface area contributed by atoms with E-state index in [4.69, 9.17) is 11.6 Å². The topological polar surface area (TPSA) is 17.1 Å². The largest absolute Gasteiger partial charge is 0.298 e. The molecule has 0 unspecified atom stereocenters. The molecule has 1 aliphatic carbocycles. The summed E-state index contributed by atoms with van der Waals surface area (Å²) in [6.07, 6.45) is 7.11. The summed E-state index contributed by atoms with van der Waals surface area (Å²) in [4.78, 5) is 11.0. The highest BCUT2D eigenvalue weighted by Crippen LogP contribution is 2.19. The summed E-state index contributed by atoms with van der Waals surface area (Å²) >= 11 is 5.41. The van der Waals surface area contributed by atoms with Crippen LogP contribution in [0.4, 0.5) is 0 Å². The number of ketones is 1. The first-order valence-electron chi connectivity index (χ1n) is 3.58. The normalized spacial score (nSPS) is 24.7. The maximum Gasteiger partial charge on any atom is 0.150 e. The number of rotatable bonds is 2. The van der Waals surface area contributed by atoms with Crippen LogP contribution in [0.2, 0.25) is 0 Å². The van der Waals surface area contributed by atoms with E-state index < -0.39 is 0 Å². The summed E-state index contributed by atoms with van der Waals surface area (Å²) in [6, 6.07) is 0. The minimum Gasteiger partial charge on any atom is -0.298 e. The standard InChI is InChI=1S/C8H11ClO/c9-6-8(10)7-4-2-1-3-5-7/h1-2,7H,3-6H2/t7-/m0/s1. The fourth-order valence-electron chi connectivity index (χ4n) is 1.20. The lowest BCUT2D eigenvalue weighted by atomic mass is 9.91. The molecule has 1 atom stereocenters. The Balaban J connectivity index is 2.41. The summed E-state index contributed by atoms with van der Waals surface area (Å²) in [7, 11) is 0. The van der Waals surface area contributed by atoms with Crippen LogP contribution >= 0.6 is 11.6 Å². The van der Waals surface area contributed by atoms with Gasteiger partial charge in [0.15, 0.2) is 5.78 Å². The lowest BCUT2D eigenvalue weighted by Crippen LogP contribution is -2.16. The monoisotopic (exact) mass is 158 g/mol. The molecule has 1 rings (SSSR count). The second kappa shape index (κ2) is 3.77. The average molecular weight is 159 g/mol. The fourth-order valence-corrected chi connectivity index (χ4v) is 1.41. The molecule has 0 aliphatic heterocycles. The van der Waals surface area contributed by atoms with Crippen molar-refractivity contribution in [1.82, 2.24) is 0 Å². The highest BCUT2D eigenvalue weighted by molar-refractivity contribution is 6.27. The van der Waals surface area contributed by atoms with Gasteiger partial charge < -0.3 is 0 Å². The van der Waals surface area contributed by atoms with Crippen molar-refractivity contribution >= 4 is 17.4 Å². The molecule has 2 heteroatoms. The number of alkyl halides is 1. The molecule has 0 saturated carbocycles. The minimum atomic E-state index is 0.179. The van der Waals surface area contributed by atoms with Gasteiger partial charge in [0.25, 0.3) is 0 Å². The van der Waals surface area contributed by atoms with Crippen molar-refractivity contribution in [2.75, 3.05) is 5.88 Å². The zero-order chi connectivity index (χ0) is 7.40. The Bertz CT molecular complexity index is 151. The number of carbonyl (C=O) groups is 1. The third kappa shape index (κ3) is 1.84. The van der Waals surface area contributed by atoms with E-state index in [0.717, 1.165) is 19.3 Å². The number of hydrogen-bond donors (Lipinski definition) is 0. The van der Waals surface area contributed by atoms with E-state index in [0.29, 0.717) is 0 Å². The smallest absolute Gasteiger partial charge is 0.150 e. The summed E-state index contributed by atoms with van der Waals surface area (Å²) in [5, 5.41) is 0. The van der Waals surface area contributed by atoms with Gasteiger partial charge in [-0.25, -0.2) is 0 Å². The Morgan fingerprint density at radius 1 is 1.60 bits per heavy atom. The van der Waals surface area contributed by atoms with Crippen LogP contribution in [0.25, 0.3) is 0 Å². The van der Waals surface area contributed by atoms with Gasteiger partial charge in [-0.05, 0) is 19.3 Å². The third-order valence-corrected chi connectivity index (χ3v) is 2.12. The predicted octanol–water partition coefficient (Wildman–Crippen LogP) is 2.15. The van der Waals surface area contributed by atoms with Crippen LogP contribution < -0.4 is 0 Å². The Hall–Kier alpha value is -0.300. The fraction of sp³-hybridized carbons (Fsp3) is 0.625. The van der Waals surface area contributed by atoms with Crippen molar-refractivity contribution in [3.8, 4) is 0 Å². The molecule has 0 aromatic rings. The predicted molar refractivity (Wildman–Crippen MR) is 42.2 cm³/mol. The zero-order valence-electron chi connectivity index (χ0n) is 5.85. The first kappa shape index (κ1) is 7.80. The second-order valence-electron chi connectivity index (χ2n) is 2.58. The Morgan fingerprint density at radius 3 is 2.90 bits per heavy atom. The minimum absolute atomic E-state index is 0.179. The number of Topliss-reactive ketones (excluding diaryl/α,β-unsaturated/α-hetero) is 1. The van der Waals surface area contributed by atoms with E-state index in [2.05, 4.69) is 12.2 Å². The third-order valence-electron chi connectivity index (χ3n) is 1.86. The zero-order valence-corrected chi connectivity index (χ0v) is 6.60. The van der Waals surface area contributed by atoms with Crippen LogP contribution in [0.1, 0.15) is 19.3 Å². The number of allylic oxidation sites excluding steroid dienone is 2. The first-order valence-corrected chi connectivity index (χ1v) is 4.11. The van der Waals surface area contributed by atoms with E-state index in [-0.39, 0.29) is 17.6 Å². The van der Waals surface area contributed by atoms with Gasteiger partial charge in [0, 0.05) is 5.92 Å². The first-order chi connectivity index (χ1) is 4.84. The molecule has 1 aliphatic rings. The lowest BCUT2D eigenvalue weighted by molar-refractivity contribution is -0.120. The van der Waals surface area contributed by atoms with E-state index in [1.54, 1.807) is 0 Å². The highest BCUT2D eigenvalue weighted by Gasteiger charge is 2.16. The Morgan fingerprint density at radius 2 is 2.40 bits per heavy atom. The molecule has 0 spiro atoms. The number of halogens is 1. The molecule has 0 radical (unpaired) electrons. The van der Waals surface area contributed by atoms with Crippen LogP contribution in [0, 0.1) is 5.92 Å². The van der Waals surface area contributed by atoms with Crippen molar-refractivity contribution < 1.29 is 4.79 Å². The van der Waals surface area contributed by atoms with Crippen LogP contribution in [0.3, 0.4) is 0 Å². The molecule has 0 amide bonds. The molecule has 0 saturated heterocycles. The summed E-state index contributed by atoms with van der Waals surface area (Å²) in [6.45, 7) is 0. The van der Waals surface area contributed by atoms with Crippen LogP contribution in [-0.2, 0) is 4.79 Å². The quantitative estimate of drug-likeness (QED) is 0.445. The second-order valence-corrected chi connectivity index (χ2v) is 2.85. The number of hydrogen-bond acceptors (Lipinski definition) is 1. The Labute approximate surface area is 66.1 Å². The van der Waals surface area contributed by atoms with Gasteiger partial charge in [0.2, 0.25) is 0 Å². The maximum absolute atomic E-state index is 11.0. The molecule has 10 heavy (non-hydrogen) atoms. The van der Waals surface area contributed by atoms with E-state index in [1.807, 2.05) is 0 Å². The molecule has 56 valence electrons. The summed E-state index contributed by atoms with van der Waals surface area (Å²) in [5.41, 5.74) is 0. The Kier molecular flexibility index (Phi) is 2.94. The van der Waals surface area contributed by atoms with E-state index in [1.165, 1.54) is 0 Å².